The SMILES string of the molecule is CCSc1ccc2c(c1)N(c1ncc(-c3cccc(CC)n3)cn1)CC21CC1. The Morgan fingerprint density at radius 1 is 1.07 bits per heavy atom. The van der Waals surface area contributed by atoms with E-state index < -0.39 is 0 Å². The smallest absolute Gasteiger partial charge is 0.229 e. The molecule has 1 aliphatic carbocycles. The number of aryl methyl sites for hydroxylation is 1. The first kappa shape index (κ1) is 17.7. The standard InChI is InChI=1S/C23H24N4S/c1-3-17-6-5-7-20(26-17)16-13-24-22(25-14-16)27-15-23(10-11-23)19-9-8-18(28-4-2)12-21(19)27/h5-9,12-14H,3-4,10-11,15H2,1-2H3. The number of rotatable bonds is 5. The summed E-state index contributed by atoms with van der Waals surface area (Å²) in [5, 5.41) is 0. The fourth-order valence-electron chi connectivity index (χ4n) is 4.10. The second-order valence-corrected chi connectivity index (χ2v) is 8.96. The van der Waals surface area contributed by atoms with E-state index in [2.05, 4.69) is 49.1 Å². The number of hydrogen-bond acceptors (Lipinski definition) is 5. The molecule has 2 aromatic heterocycles. The van der Waals surface area contributed by atoms with E-state index >= 15 is 0 Å². The molecule has 1 fully saturated rings. The van der Waals surface area contributed by atoms with E-state index in [1.807, 2.05) is 30.2 Å². The van der Waals surface area contributed by atoms with Gasteiger partial charge in [-0.2, -0.15) is 0 Å². The Bertz CT molecular complexity index is 1010. The van der Waals surface area contributed by atoms with Gasteiger partial charge in [-0.05, 0) is 54.8 Å². The van der Waals surface area contributed by atoms with Crippen molar-refractivity contribution in [3.05, 3.63) is 60.0 Å². The number of hydrogen-bond donors (Lipinski definition) is 0. The summed E-state index contributed by atoms with van der Waals surface area (Å²) in [5.74, 6) is 1.87. The predicted octanol–water partition coefficient (Wildman–Crippen LogP) is 5.40. The zero-order valence-electron chi connectivity index (χ0n) is 16.4. The number of thioether (sulfide) groups is 1. The van der Waals surface area contributed by atoms with E-state index in [-0.39, 0.29) is 0 Å². The Kier molecular flexibility index (Phi) is 4.35. The number of benzene rings is 1. The molecule has 2 aliphatic rings. The first-order valence-corrected chi connectivity index (χ1v) is 11.0. The fraction of sp³-hybridized carbons (Fsp3) is 0.348. The van der Waals surface area contributed by atoms with Gasteiger partial charge >= 0.3 is 0 Å². The van der Waals surface area contributed by atoms with E-state index in [0.29, 0.717) is 5.41 Å². The summed E-state index contributed by atoms with van der Waals surface area (Å²) in [4.78, 5) is 17.8. The largest absolute Gasteiger partial charge is 0.309 e. The lowest BCUT2D eigenvalue weighted by molar-refractivity contribution is 0.735. The molecule has 0 amide bonds. The van der Waals surface area contributed by atoms with Gasteiger partial charge in [0.2, 0.25) is 5.95 Å². The van der Waals surface area contributed by atoms with Crippen molar-refractivity contribution < 1.29 is 0 Å². The molecule has 3 heterocycles. The van der Waals surface area contributed by atoms with Crippen molar-refractivity contribution in [3.8, 4) is 11.3 Å². The second-order valence-electron chi connectivity index (χ2n) is 7.62. The molecule has 28 heavy (non-hydrogen) atoms. The van der Waals surface area contributed by atoms with E-state index in [4.69, 9.17) is 15.0 Å². The average Bonchev–Trinajstić information content (AvgIpc) is 3.45. The molecule has 0 saturated heterocycles. The number of anilines is 2. The van der Waals surface area contributed by atoms with Crippen molar-refractivity contribution in [3.63, 3.8) is 0 Å². The van der Waals surface area contributed by atoms with E-state index in [1.165, 1.54) is 29.0 Å². The lowest BCUT2D eigenvalue weighted by Gasteiger charge is -2.18. The first-order chi connectivity index (χ1) is 13.7. The molecule has 142 valence electrons. The average molecular weight is 389 g/mol. The van der Waals surface area contributed by atoms with Gasteiger partial charge in [-0.15, -0.1) is 11.8 Å². The minimum Gasteiger partial charge on any atom is -0.309 e. The zero-order chi connectivity index (χ0) is 19.1. The molecule has 5 heteroatoms. The van der Waals surface area contributed by atoms with Gasteiger partial charge < -0.3 is 4.90 Å². The fourth-order valence-corrected chi connectivity index (χ4v) is 4.79. The van der Waals surface area contributed by atoms with E-state index in [1.54, 1.807) is 0 Å². The maximum Gasteiger partial charge on any atom is 0.229 e. The normalized spacial score (nSPS) is 16.4. The third-order valence-electron chi connectivity index (χ3n) is 5.80. The van der Waals surface area contributed by atoms with Crippen LogP contribution in [0.4, 0.5) is 11.6 Å². The van der Waals surface area contributed by atoms with Gasteiger partial charge in [0.05, 0.1) is 5.69 Å². The van der Waals surface area contributed by atoms with E-state index in [0.717, 1.165) is 41.6 Å². The highest BCUT2D eigenvalue weighted by molar-refractivity contribution is 7.99. The van der Waals surface area contributed by atoms with Crippen molar-refractivity contribution >= 4 is 23.4 Å². The predicted molar refractivity (Wildman–Crippen MR) is 115 cm³/mol. The summed E-state index contributed by atoms with van der Waals surface area (Å²) in [7, 11) is 0. The third kappa shape index (κ3) is 2.98. The third-order valence-corrected chi connectivity index (χ3v) is 6.68. The molecular formula is C23H24N4S. The van der Waals surface area contributed by atoms with Crippen LogP contribution in [0.2, 0.25) is 0 Å². The van der Waals surface area contributed by atoms with Crippen molar-refractivity contribution in [2.24, 2.45) is 0 Å². The van der Waals surface area contributed by atoms with Gasteiger partial charge in [-0.25, -0.2) is 9.97 Å². The zero-order valence-corrected chi connectivity index (χ0v) is 17.2. The molecule has 4 nitrogen and oxygen atoms in total. The van der Waals surface area contributed by atoms with Crippen molar-refractivity contribution in [1.29, 1.82) is 0 Å². The Morgan fingerprint density at radius 3 is 2.61 bits per heavy atom. The summed E-state index contributed by atoms with van der Waals surface area (Å²) < 4.78 is 0. The lowest BCUT2D eigenvalue weighted by atomic mass is 9.99. The van der Waals surface area contributed by atoms with Gasteiger partial charge in [0.1, 0.15) is 0 Å². The molecule has 0 bridgehead atoms. The molecule has 1 aliphatic heterocycles. The van der Waals surface area contributed by atoms with Crippen LogP contribution < -0.4 is 4.90 Å². The minimum atomic E-state index is 0.323. The summed E-state index contributed by atoms with van der Waals surface area (Å²) in [6, 6.07) is 13.1. The summed E-state index contributed by atoms with van der Waals surface area (Å²) in [5.41, 5.74) is 6.08. The second kappa shape index (κ2) is 6.89. The number of fused-ring (bicyclic) bond motifs is 2. The van der Waals surface area contributed by atoms with Gasteiger partial charge in [0.15, 0.2) is 0 Å². The van der Waals surface area contributed by atoms with Crippen molar-refractivity contribution in [2.75, 3.05) is 17.2 Å². The van der Waals surface area contributed by atoms with Crippen LogP contribution in [-0.2, 0) is 11.8 Å². The summed E-state index contributed by atoms with van der Waals surface area (Å²) >= 11 is 1.89. The molecule has 0 atom stereocenters. The van der Waals surface area contributed by atoms with Crippen molar-refractivity contribution in [1.82, 2.24) is 15.0 Å². The van der Waals surface area contributed by atoms with Crippen molar-refractivity contribution in [2.45, 2.75) is 43.4 Å². The molecule has 3 aromatic rings. The lowest BCUT2D eigenvalue weighted by Crippen LogP contribution is -2.21. The number of aromatic nitrogens is 3. The van der Waals surface area contributed by atoms with Crippen LogP contribution in [0.3, 0.4) is 0 Å². The minimum absolute atomic E-state index is 0.323. The molecule has 1 spiro atoms. The van der Waals surface area contributed by atoms with E-state index in [9.17, 15) is 0 Å². The topological polar surface area (TPSA) is 41.9 Å². The highest BCUT2D eigenvalue weighted by Crippen LogP contribution is 2.58. The van der Waals surface area contributed by atoms with Crippen LogP contribution in [0.5, 0.6) is 0 Å². The van der Waals surface area contributed by atoms with Gasteiger partial charge in [0, 0.05) is 46.2 Å². The Labute approximate surface area is 170 Å². The van der Waals surface area contributed by atoms with Gasteiger partial charge in [0.25, 0.3) is 0 Å². The Hall–Kier alpha value is -2.40. The molecule has 1 saturated carbocycles. The van der Waals surface area contributed by atoms with Crippen LogP contribution in [0.1, 0.15) is 37.9 Å². The Balaban J connectivity index is 1.48. The van der Waals surface area contributed by atoms with Gasteiger partial charge in [-0.1, -0.05) is 26.0 Å². The van der Waals surface area contributed by atoms with Crippen LogP contribution in [-0.4, -0.2) is 27.2 Å². The molecule has 0 radical (unpaired) electrons. The van der Waals surface area contributed by atoms with Crippen LogP contribution in [0.15, 0.2) is 53.7 Å². The molecule has 0 N–H and O–H groups in total. The maximum atomic E-state index is 4.73. The monoisotopic (exact) mass is 388 g/mol. The molecule has 1 aromatic carbocycles. The van der Waals surface area contributed by atoms with Crippen LogP contribution >= 0.6 is 11.8 Å². The first-order valence-electron chi connectivity index (χ1n) is 10.1. The molecule has 0 unspecified atom stereocenters. The van der Waals surface area contributed by atoms with Crippen LogP contribution in [0, 0.1) is 0 Å². The summed E-state index contributed by atoms with van der Waals surface area (Å²) in [6.45, 7) is 5.31. The molecule has 5 rings (SSSR count). The van der Waals surface area contributed by atoms with Crippen LogP contribution in [0.25, 0.3) is 11.3 Å². The highest BCUT2D eigenvalue weighted by atomic mass is 32.2. The Morgan fingerprint density at radius 2 is 1.89 bits per heavy atom. The molecular weight excluding hydrogens is 364 g/mol. The number of pyridine rings is 1. The highest BCUT2D eigenvalue weighted by Gasteiger charge is 2.52. The maximum absolute atomic E-state index is 4.73. The number of nitrogens with zero attached hydrogens (tertiary/aromatic N) is 4. The summed E-state index contributed by atoms with van der Waals surface area (Å²) in [6.07, 6.45) is 7.28. The van der Waals surface area contributed by atoms with Gasteiger partial charge in [-0.3, -0.25) is 4.98 Å². The quantitative estimate of drug-likeness (QED) is 0.548.